The Balaban J connectivity index is 1.44. The summed E-state index contributed by atoms with van der Waals surface area (Å²) in [4.78, 5) is 19.8. The van der Waals surface area contributed by atoms with E-state index in [0.717, 1.165) is 64.9 Å². The number of halogens is 1. The topological polar surface area (TPSA) is 75.9 Å². The lowest BCUT2D eigenvalue weighted by atomic mass is 9.84. The molecule has 1 atom stereocenters. The monoisotopic (exact) mass is 578 g/mol. The van der Waals surface area contributed by atoms with E-state index < -0.39 is 0 Å². The first-order valence-corrected chi connectivity index (χ1v) is 14.8. The number of amides is 1. The van der Waals surface area contributed by atoms with Gasteiger partial charge in [-0.3, -0.25) is 9.78 Å². The smallest absolute Gasteiger partial charge is 0.225 e. The SMILES string of the molecule is CCn1nnc2c(C)c([C@@H](CC(=O)Nc3cccnc3)c3ccc(C)c(N(C)CCCc4ccc(F)cc4C)c3)ccc21. The molecule has 0 aliphatic heterocycles. The molecule has 2 heterocycles. The zero-order valence-electron chi connectivity index (χ0n) is 25.6. The molecule has 8 heteroatoms. The van der Waals surface area contributed by atoms with Gasteiger partial charge in [0.25, 0.3) is 0 Å². The third-order valence-electron chi connectivity index (χ3n) is 8.28. The van der Waals surface area contributed by atoms with Gasteiger partial charge in [0.2, 0.25) is 5.91 Å². The molecule has 222 valence electrons. The number of aromatic nitrogens is 4. The molecule has 43 heavy (non-hydrogen) atoms. The van der Waals surface area contributed by atoms with Crippen molar-refractivity contribution < 1.29 is 9.18 Å². The van der Waals surface area contributed by atoms with Gasteiger partial charge in [-0.2, -0.15) is 0 Å². The van der Waals surface area contributed by atoms with Gasteiger partial charge in [-0.15, -0.1) is 5.10 Å². The summed E-state index contributed by atoms with van der Waals surface area (Å²) < 4.78 is 15.4. The van der Waals surface area contributed by atoms with Crippen LogP contribution in [0.1, 0.15) is 59.1 Å². The summed E-state index contributed by atoms with van der Waals surface area (Å²) in [5, 5.41) is 11.8. The van der Waals surface area contributed by atoms with E-state index in [9.17, 15) is 9.18 Å². The first kappa shape index (κ1) is 29.9. The van der Waals surface area contributed by atoms with E-state index in [-0.39, 0.29) is 24.1 Å². The molecule has 1 N–H and O–H groups in total. The van der Waals surface area contributed by atoms with E-state index in [1.54, 1.807) is 18.5 Å². The van der Waals surface area contributed by atoms with Gasteiger partial charge >= 0.3 is 0 Å². The number of nitrogens with zero attached hydrogens (tertiary/aromatic N) is 5. The molecule has 0 fully saturated rings. The number of fused-ring (bicyclic) bond motifs is 1. The Hall–Kier alpha value is -4.59. The molecule has 0 spiro atoms. The van der Waals surface area contributed by atoms with E-state index in [0.29, 0.717) is 5.69 Å². The molecule has 0 saturated heterocycles. The molecule has 0 radical (unpaired) electrons. The molecule has 5 rings (SSSR count). The van der Waals surface area contributed by atoms with E-state index >= 15 is 0 Å². The minimum atomic E-state index is -0.196. The van der Waals surface area contributed by atoms with Crippen molar-refractivity contribution in [1.82, 2.24) is 20.0 Å². The summed E-state index contributed by atoms with van der Waals surface area (Å²) in [6, 6.07) is 19.3. The van der Waals surface area contributed by atoms with Gasteiger partial charge in [0.1, 0.15) is 11.3 Å². The van der Waals surface area contributed by atoms with Crippen LogP contribution in [0.5, 0.6) is 0 Å². The minimum absolute atomic E-state index is 0.0835. The van der Waals surface area contributed by atoms with Crippen molar-refractivity contribution in [3.05, 3.63) is 112 Å². The fourth-order valence-corrected chi connectivity index (χ4v) is 5.86. The maximum Gasteiger partial charge on any atom is 0.225 e. The van der Waals surface area contributed by atoms with E-state index in [2.05, 4.69) is 76.7 Å². The summed E-state index contributed by atoms with van der Waals surface area (Å²) in [6.45, 7) is 9.77. The standard InChI is InChI=1S/C35H39FN6O/c1-6-42-32-16-15-30(25(4)35(32)39-40-42)31(21-34(43)38-29-10-7-17-37-22-29)27-12-11-23(2)33(20-27)41(5)18-8-9-26-13-14-28(36)19-24(26)3/h7,10-17,19-20,22,31H,6,8-9,18,21H2,1-5H3,(H,38,43)/t31-/m0/s1. The van der Waals surface area contributed by atoms with Crippen LogP contribution in [0.4, 0.5) is 15.8 Å². The number of hydrogen-bond acceptors (Lipinski definition) is 5. The van der Waals surface area contributed by atoms with Crippen LogP contribution >= 0.6 is 0 Å². The van der Waals surface area contributed by atoms with Gasteiger partial charge < -0.3 is 10.2 Å². The molecule has 0 unspecified atom stereocenters. The van der Waals surface area contributed by atoms with Gasteiger partial charge in [0.15, 0.2) is 0 Å². The quantitative estimate of drug-likeness (QED) is 0.180. The number of carbonyl (C=O) groups is 1. The van der Waals surface area contributed by atoms with Crippen LogP contribution < -0.4 is 10.2 Å². The third kappa shape index (κ3) is 6.74. The molecular weight excluding hydrogens is 539 g/mol. The Morgan fingerprint density at radius 3 is 2.63 bits per heavy atom. The van der Waals surface area contributed by atoms with Crippen LogP contribution in [0.25, 0.3) is 11.0 Å². The van der Waals surface area contributed by atoms with E-state index in [4.69, 9.17) is 0 Å². The maximum absolute atomic E-state index is 13.6. The first-order chi connectivity index (χ1) is 20.7. The number of benzene rings is 3. The fraction of sp³-hybridized carbons (Fsp3) is 0.314. The lowest BCUT2D eigenvalue weighted by Crippen LogP contribution is -2.21. The zero-order chi connectivity index (χ0) is 30.5. The summed E-state index contributed by atoms with van der Waals surface area (Å²) in [6.07, 6.45) is 5.42. The van der Waals surface area contributed by atoms with Crippen LogP contribution in [0.2, 0.25) is 0 Å². The number of rotatable bonds is 11. The Labute approximate surface area is 252 Å². The van der Waals surface area contributed by atoms with Crippen molar-refractivity contribution in [3.63, 3.8) is 0 Å². The maximum atomic E-state index is 13.6. The Morgan fingerprint density at radius 2 is 1.88 bits per heavy atom. The largest absolute Gasteiger partial charge is 0.374 e. The van der Waals surface area contributed by atoms with Gasteiger partial charge in [-0.25, -0.2) is 9.07 Å². The molecule has 0 aliphatic carbocycles. The predicted molar refractivity (Wildman–Crippen MR) is 171 cm³/mol. The lowest BCUT2D eigenvalue weighted by Gasteiger charge is -2.25. The van der Waals surface area contributed by atoms with Crippen molar-refractivity contribution in [3.8, 4) is 0 Å². The summed E-state index contributed by atoms with van der Waals surface area (Å²) in [7, 11) is 2.11. The van der Waals surface area contributed by atoms with Gasteiger partial charge in [0, 0.05) is 44.4 Å². The van der Waals surface area contributed by atoms with Crippen molar-refractivity contribution in [2.24, 2.45) is 0 Å². The highest BCUT2D eigenvalue weighted by Gasteiger charge is 2.24. The van der Waals surface area contributed by atoms with Crippen LogP contribution in [-0.4, -0.2) is 39.5 Å². The number of aryl methyl sites for hydroxylation is 5. The van der Waals surface area contributed by atoms with Gasteiger partial charge in [0.05, 0.1) is 17.4 Å². The van der Waals surface area contributed by atoms with Crippen LogP contribution in [0.3, 0.4) is 0 Å². The molecule has 5 aromatic rings. The molecule has 3 aromatic carbocycles. The second-order valence-electron chi connectivity index (χ2n) is 11.2. The first-order valence-electron chi connectivity index (χ1n) is 14.8. The molecule has 0 bridgehead atoms. The fourth-order valence-electron chi connectivity index (χ4n) is 5.86. The average Bonchev–Trinajstić information content (AvgIpc) is 3.42. The van der Waals surface area contributed by atoms with Crippen LogP contribution in [0.15, 0.2) is 73.1 Å². The molecule has 0 aliphatic rings. The molecule has 1 amide bonds. The number of carbonyl (C=O) groups excluding carboxylic acids is 1. The predicted octanol–water partition coefficient (Wildman–Crippen LogP) is 7.14. The van der Waals surface area contributed by atoms with E-state index in [1.807, 2.05) is 36.7 Å². The molecule has 7 nitrogen and oxygen atoms in total. The highest BCUT2D eigenvalue weighted by Crippen LogP contribution is 2.36. The second kappa shape index (κ2) is 13.2. The number of anilines is 2. The van der Waals surface area contributed by atoms with Crippen LogP contribution in [-0.2, 0) is 17.8 Å². The van der Waals surface area contributed by atoms with Crippen molar-refractivity contribution >= 4 is 28.3 Å². The lowest BCUT2D eigenvalue weighted by molar-refractivity contribution is -0.116. The Morgan fingerprint density at radius 1 is 1.05 bits per heavy atom. The third-order valence-corrected chi connectivity index (χ3v) is 8.28. The minimum Gasteiger partial charge on any atom is -0.374 e. The van der Waals surface area contributed by atoms with Crippen molar-refractivity contribution in [2.75, 3.05) is 23.8 Å². The number of pyridine rings is 1. The average molecular weight is 579 g/mol. The summed E-state index contributed by atoms with van der Waals surface area (Å²) in [5.74, 6) is -0.471. The second-order valence-corrected chi connectivity index (χ2v) is 11.2. The normalized spacial score (nSPS) is 12.0. The van der Waals surface area contributed by atoms with E-state index in [1.165, 1.54) is 17.2 Å². The van der Waals surface area contributed by atoms with Crippen LogP contribution in [0, 0.1) is 26.6 Å². The molecule has 0 saturated carbocycles. The number of nitrogens with one attached hydrogen (secondary N) is 1. The zero-order valence-corrected chi connectivity index (χ0v) is 25.6. The molecule has 2 aromatic heterocycles. The summed E-state index contributed by atoms with van der Waals surface area (Å²) in [5.41, 5.74) is 10.1. The highest BCUT2D eigenvalue weighted by molar-refractivity contribution is 5.91. The molecular formula is C35H39FN6O. The van der Waals surface area contributed by atoms with Crippen molar-refractivity contribution in [2.45, 2.75) is 59.4 Å². The Kier molecular flexibility index (Phi) is 9.14. The Bertz CT molecular complexity index is 1730. The van der Waals surface area contributed by atoms with Gasteiger partial charge in [-0.1, -0.05) is 29.5 Å². The highest BCUT2D eigenvalue weighted by atomic mass is 19.1. The van der Waals surface area contributed by atoms with Crippen molar-refractivity contribution in [1.29, 1.82) is 0 Å². The van der Waals surface area contributed by atoms with Gasteiger partial charge in [-0.05, 0) is 110 Å². The summed E-state index contributed by atoms with van der Waals surface area (Å²) >= 11 is 0. The number of hydrogen-bond donors (Lipinski definition) is 1.